The fourth-order valence-corrected chi connectivity index (χ4v) is 1.52. The molecule has 0 heterocycles. The zero-order chi connectivity index (χ0) is 11.8. The second kappa shape index (κ2) is 7.25. The molecule has 3 heteroatoms. The van der Waals surface area contributed by atoms with Gasteiger partial charge in [-0.15, -0.1) is 0 Å². The molecule has 3 nitrogen and oxygen atoms in total. The molecule has 1 aromatic carbocycles. The van der Waals surface area contributed by atoms with Crippen molar-refractivity contribution >= 4 is 0 Å². The highest BCUT2D eigenvalue weighted by Gasteiger charge is 2.03. The highest BCUT2D eigenvalue weighted by molar-refractivity contribution is 5.27. The summed E-state index contributed by atoms with van der Waals surface area (Å²) in [6.07, 6.45) is 1.02. The van der Waals surface area contributed by atoms with Gasteiger partial charge in [-0.05, 0) is 44.5 Å². The van der Waals surface area contributed by atoms with Crippen LogP contribution in [0.5, 0.6) is 5.75 Å². The lowest BCUT2D eigenvalue weighted by atomic mass is 10.1. The van der Waals surface area contributed by atoms with E-state index < -0.39 is 0 Å². The van der Waals surface area contributed by atoms with E-state index in [1.165, 1.54) is 5.56 Å². The van der Waals surface area contributed by atoms with Crippen molar-refractivity contribution in [2.75, 3.05) is 19.8 Å². The van der Waals surface area contributed by atoms with Crippen molar-refractivity contribution in [1.82, 2.24) is 5.32 Å². The smallest absolute Gasteiger partial charge is 0.115 e. The maximum atomic E-state index is 9.17. The summed E-state index contributed by atoms with van der Waals surface area (Å²) in [5, 5.41) is 12.6. The summed E-state index contributed by atoms with van der Waals surface area (Å²) < 4.78 is 5.26. The van der Waals surface area contributed by atoms with Crippen LogP contribution in [0, 0.1) is 0 Å². The van der Waals surface area contributed by atoms with Crippen molar-refractivity contribution in [2.24, 2.45) is 0 Å². The fourth-order valence-electron chi connectivity index (χ4n) is 1.52. The van der Waals surface area contributed by atoms with Crippen molar-refractivity contribution < 1.29 is 9.84 Å². The zero-order valence-corrected chi connectivity index (χ0v) is 10.1. The molecule has 0 radical (unpaired) electrons. The number of benzene rings is 1. The molecule has 1 unspecified atom stereocenters. The third-order valence-corrected chi connectivity index (χ3v) is 2.51. The molecule has 0 amide bonds. The average molecular weight is 223 g/mol. The molecule has 90 valence electrons. The first-order valence-electron chi connectivity index (χ1n) is 5.84. The molecule has 0 aliphatic carbocycles. The van der Waals surface area contributed by atoms with Gasteiger partial charge in [-0.1, -0.05) is 12.1 Å². The van der Waals surface area contributed by atoms with Gasteiger partial charge in [0.1, 0.15) is 5.75 Å². The Bertz CT molecular complexity index is 284. The lowest BCUT2D eigenvalue weighted by Gasteiger charge is -2.14. The van der Waals surface area contributed by atoms with E-state index in [0.29, 0.717) is 11.8 Å². The molecule has 0 spiro atoms. The van der Waals surface area contributed by atoms with Gasteiger partial charge in [0.05, 0.1) is 0 Å². The van der Waals surface area contributed by atoms with E-state index >= 15 is 0 Å². The van der Waals surface area contributed by atoms with Crippen molar-refractivity contribution in [3.05, 3.63) is 29.8 Å². The first kappa shape index (κ1) is 13.0. The molecule has 0 bridgehead atoms. The molecule has 1 rings (SSSR count). The summed E-state index contributed by atoms with van der Waals surface area (Å²) in [5.41, 5.74) is 1.19. The van der Waals surface area contributed by atoms with Gasteiger partial charge in [-0.3, -0.25) is 0 Å². The molecule has 0 aliphatic heterocycles. The number of phenols is 1. The maximum absolute atomic E-state index is 9.17. The summed E-state index contributed by atoms with van der Waals surface area (Å²) in [4.78, 5) is 0. The van der Waals surface area contributed by atoms with Crippen molar-refractivity contribution in [3.8, 4) is 5.75 Å². The lowest BCUT2D eigenvalue weighted by molar-refractivity contribution is 0.144. The molecule has 0 aromatic heterocycles. The Morgan fingerprint density at radius 3 is 2.62 bits per heavy atom. The quantitative estimate of drug-likeness (QED) is 0.698. The number of ether oxygens (including phenoxy) is 1. The van der Waals surface area contributed by atoms with Crippen LogP contribution >= 0.6 is 0 Å². The highest BCUT2D eigenvalue weighted by Crippen LogP contribution is 2.15. The minimum absolute atomic E-state index is 0.308. The van der Waals surface area contributed by atoms with Gasteiger partial charge >= 0.3 is 0 Å². The second-order valence-corrected chi connectivity index (χ2v) is 3.82. The topological polar surface area (TPSA) is 41.5 Å². The number of rotatable bonds is 7. The van der Waals surface area contributed by atoms with Crippen LogP contribution in [-0.2, 0) is 4.74 Å². The first-order chi connectivity index (χ1) is 7.74. The Labute approximate surface area is 97.4 Å². The summed E-state index contributed by atoms with van der Waals surface area (Å²) >= 11 is 0. The monoisotopic (exact) mass is 223 g/mol. The van der Waals surface area contributed by atoms with E-state index in [0.717, 1.165) is 26.2 Å². The number of phenolic OH excluding ortho intramolecular Hbond substituents is 1. The molecular formula is C13H21NO2. The summed E-state index contributed by atoms with van der Waals surface area (Å²) in [5.74, 6) is 0.312. The van der Waals surface area contributed by atoms with Crippen molar-refractivity contribution in [1.29, 1.82) is 0 Å². The second-order valence-electron chi connectivity index (χ2n) is 3.82. The number of hydrogen-bond acceptors (Lipinski definition) is 3. The summed E-state index contributed by atoms with van der Waals surface area (Å²) in [7, 11) is 0. The lowest BCUT2D eigenvalue weighted by Crippen LogP contribution is -2.20. The Kier molecular flexibility index (Phi) is 5.90. The number of nitrogens with one attached hydrogen (secondary N) is 1. The molecule has 16 heavy (non-hydrogen) atoms. The van der Waals surface area contributed by atoms with Crippen molar-refractivity contribution in [2.45, 2.75) is 26.3 Å². The molecule has 0 saturated carbocycles. The SMILES string of the molecule is CCOCCCNC(C)c1ccc(O)cc1. The molecule has 1 aromatic rings. The first-order valence-corrected chi connectivity index (χ1v) is 5.84. The van der Waals surface area contributed by atoms with Gasteiger partial charge in [0.25, 0.3) is 0 Å². The van der Waals surface area contributed by atoms with Crippen LogP contribution in [0.25, 0.3) is 0 Å². The van der Waals surface area contributed by atoms with Gasteiger partial charge < -0.3 is 15.2 Å². The van der Waals surface area contributed by atoms with E-state index in [4.69, 9.17) is 4.74 Å². The van der Waals surface area contributed by atoms with E-state index in [1.807, 2.05) is 19.1 Å². The summed E-state index contributed by atoms with van der Waals surface area (Å²) in [6.45, 7) is 6.67. The van der Waals surface area contributed by atoms with Crippen LogP contribution in [0.3, 0.4) is 0 Å². The van der Waals surface area contributed by atoms with E-state index in [-0.39, 0.29) is 0 Å². The van der Waals surface area contributed by atoms with Crippen LogP contribution in [-0.4, -0.2) is 24.9 Å². The fraction of sp³-hybridized carbons (Fsp3) is 0.538. The van der Waals surface area contributed by atoms with Gasteiger partial charge in [0, 0.05) is 19.3 Å². The standard InChI is InChI=1S/C13H21NO2/c1-3-16-10-4-9-14-11(2)12-5-7-13(15)8-6-12/h5-8,11,14-15H,3-4,9-10H2,1-2H3. The van der Waals surface area contributed by atoms with Crippen LogP contribution in [0.1, 0.15) is 31.9 Å². The summed E-state index contributed by atoms with van der Waals surface area (Å²) in [6, 6.07) is 7.62. The molecule has 2 N–H and O–H groups in total. The average Bonchev–Trinajstić information content (AvgIpc) is 2.29. The third-order valence-electron chi connectivity index (χ3n) is 2.51. The molecule has 1 atom stereocenters. The maximum Gasteiger partial charge on any atom is 0.115 e. The number of hydrogen-bond donors (Lipinski definition) is 2. The predicted molar refractivity (Wildman–Crippen MR) is 65.6 cm³/mol. The predicted octanol–water partition coefficient (Wildman–Crippen LogP) is 2.47. The van der Waals surface area contributed by atoms with E-state index in [1.54, 1.807) is 12.1 Å². The van der Waals surface area contributed by atoms with Crippen LogP contribution < -0.4 is 5.32 Å². The van der Waals surface area contributed by atoms with Gasteiger partial charge in [0.2, 0.25) is 0 Å². The van der Waals surface area contributed by atoms with Crippen LogP contribution in [0.2, 0.25) is 0 Å². The minimum atomic E-state index is 0.308. The normalized spacial score (nSPS) is 12.6. The van der Waals surface area contributed by atoms with Gasteiger partial charge in [-0.2, -0.15) is 0 Å². The van der Waals surface area contributed by atoms with Gasteiger partial charge in [0.15, 0.2) is 0 Å². The Hall–Kier alpha value is -1.06. The highest BCUT2D eigenvalue weighted by atomic mass is 16.5. The number of aromatic hydroxyl groups is 1. The Morgan fingerprint density at radius 1 is 1.31 bits per heavy atom. The minimum Gasteiger partial charge on any atom is -0.508 e. The molecular weight excluding hydrogens is 202 g/mol. The van der Waals surface area contributed by atoms with Crippen LogP contribution in [0.4, 0.5) is 0 Å². The van der Waals surface area contributed by atoms with Crippen LogP contribution in [0.15, 0.2) is 24.3 Å². The molecule has 0 aliphatic rings. The molecule has 0 fully saturated rings. The largest absolute Gasteiger partial charge is 0.508 e. The van der Waals surface area contributed by atoms with Gasteiger partial charge in [-0.25, -0.2) is 0 Å². The third kappa shape index (κ3) is 4.64. The van der Waals surface area contributed by atoms with Crippen molar-refractivity contribution in [3.63, 3.8) is 0 Å². The molecule has 0 saturated heterocycles. The zero-order valence-electron chi connectivity index (χ0n) is 10.1. The van der Waals surface area contributed by atoms with E-state index in [2.05, 4.69) is 12.2 Å². The Balaban J connectivity index is 2.24. The Morgan fingerprint density at radius 2 is 2.00 bits per heavy atom. The van der Waals surface area contributed by atoms with E-state index in [9.17, 15) is 5.11 Å².